The van der Waals surface area contributed by atoms with E-state index < -0.39 is 0 Å². The first-order valence-corrected chi connectivity index (χ1v) is 36.1. The highest BCUT2D eigenvalue weighted by atomic mass is 32.1. The molecule has 4 aromatic heterocycles. The zero-order valence-electron chi connectivity index (χ0n) is 58.2. The van der Waals surface area contributed by atoms with E-state index in [1.165, 1.54) is 145 Å². The Morgan fingerprint density at radius 2 is 0.594 bits per heavy atom. The molecule has 2 nitrogen and oxygen atoms in total. The lowest BCUT2D eigenvalue weighted by atomic mass is 9.97. The van der Waals surface area contributed by atoms with Gasteiger partial charge < -0.3 is 8.83 Å². The summed E-state index contributed by atoms with van der Waals surface area (Å²) in [4.78, 5) is 0. The first kappa shape index (κ1) is 67.9. The Morgan fingerprint density at radius 3 is 1.21 bits per heavy atom. The predicted octanol–water partition coefficient (Wildman–Crippen LogP) is 29.2. The quantitative estimate of drug-likeness (QED) is 0.176. The van der Waals surface area contributed by atoms with Crippen molar-refractivity contribution in [1.29, 1.82) is 0 Å². The second-order valence-corrected chi connectivity index (χ2v) is 27.7. The molecule has 0 spiro atoms. The third-order valence-corrected chi connectivity index (χ3v) is 20.4. The van der Waals surface area contributed by atoms with E-state index in [1.54, 1.807) is 0 Å². The zero-order valence-corrected chi connectivity index (χ0v) is 59.8. The molecule has 0 aliphatic rings. The third-order valence-electron chi connectivity index (χ3n) is 17.9. The van der Waals surface area contributed by atoms with Crippen LogP contribution in [0.1, 0.15) is 38.9 Å². The summed E-state index contributed by atoms with van der Waals surface area (Å²) in [5, 5.41) is 10.4. The summed E-state index contributed by atoms with van der Waals surface area (Å²) < 4.78 is 17.1. The van der Waals surface area contributed by atoms with E-state index in [0.717, 1.165) is 22.3 Å². The van der Waals surface area contributed by atoms with Gasteiger partial charge in [-0.25, -0.2) is 0 Å². The molecule has 19 aromatic rings. The maximum atomic E-state index is 5.78. The summed E-state index contributed by atoms with van der Waals surface area (Å²) in [7, 11) is 0. The first-order chi connectivity index (χ1) is 49.5. The number of hydrogen-bond acceptors (Lipinski definition) is 4. The van der Waals surface area contributed by atoms with Crippen molar-refractivity contribution in [3.05, 3.63) is 397 Å². The maximum absolute atomic E-state index is 5.78. The molecule has 0 saturated carbocycles. The van der Waals surface area contributed by atoms with Crippen molar-refractivity contribution >= 4 is 107 Å². The Balaban J connectivity index is 0.000000106. The van der Waals surface area contributed by atoms with Crippen LogP contribution in [-0.2, 0) is 0 Å². The zero-order chi connectivity index (χ0) is 69.4. The second-order valence-electron chi connectivity index (χ2n) is 25.5. The van der Waals surface area contributed by atoms with Gasteiger partial charge in [-0.05, 0) is 169 Å². The predicted molar refractivity (Wildman–Crippen MR) is 440 cm³/mol. The molecule has 0 fully saturated rings. The van der Waals surface area contributed by atoms with Crippen molar-refractivity contribution in [2.24, 2.45) is 0 Å². The van der Waals surface area contributed by atoms with Crippen molar-refractivity contribution in [1.82, 2.24) is 0 Å². The van der Waals surface area contributed by atoms with Gasteiger partial charge in [0.15, 0.2) is 0 Å². The molecule has 0 atom stereocenters. The molecule has 0 unspecified atom stereocenters. The van der Waals surface area contributed by atoms with Crippen molar-refractivity contribution in [2.75, 3.05) is 0 Å². The largest absolute Gasteiger partial charge is 0.456 e. The van der Waals surface area contributed by atoms with Gasteiger partial charge in [-0.15, -0.1) is 22.7 Å². The minimum absolute atomic E-state index is 0.966. The monoisotopic (exact) mass is 1340 g/mol. The van der Waals surface area contributed by atoms with Crippen LogP contribution in [0.4, 0.5) is 0 Å². The fourth-order valence-corrected chi connectivity index (χ4v) is 15.2. The van der Waals surface area contributed by atoms with E-state index in [2.05, 4.69) is 358 Å². The number of hydrogen-bond donors (Lipinski definition) is 0. The number of para-hydroxylation sites is 3. The molecule has 19 rings (SSSR count). The highest BCUT2D eigenvalue weighted by Gasteiger charge is 2.10. The van der Waals surface area contributed by atoms with Crippen LogP contribution in [0.15, 0.2) is 367 Å². The van der Waals surface area contributed by atoms with Gasteiger partial charge in [-0.3, -0.25) is 0 Å². The molecule has 0 amide bonds. The molecular formula is C97H80O2S2. The van der Waals surface area contributed by atoms with Crippen LogP contribution in [0.25, 0.3) is 129 Å². The summed E-state index contributed by atoms with van der Waals surface area (Å²) in [5.74, 6) is 0. The maximum Gasteiger partial charge on any atom is 0.138 e. The Hall–Kier alpha value is -11.7. The molecule has 0 radical (unpaired) electrons. The molecule has 0 aliphatic carbocycles. The van der Waals surface area contributed by atoms with Crippen LogP contribution in [-0.4, -0.2) is 0 Å². The van der Waals surface area contributed by atoms with Crippen molar-refractivity contribution in [3.63, 3.8) is 0 Å². The minimum Gasteiger partial charge on any atom is -0.456 e. The summed E-state index contributed by atoms with van der Waals surface area (Å²) in [6.07, 6.45) is 0. The summed E-state index contributed by atoms with van der Waals surface area (Å²) in [6, 6.07) is 125. The van der Waals surface area contributed by atoms with Crippen molar-refractivity contribution in [3.8, 4) is 44.5 Å². The molecule has 0 N–H and O–H groups in total. The summed E-state index contributed by atoms with van der Waals surface area (Å²) in [6.45, 7) is 14.9. The molecule has 4 heterocycles. The van der Waals surface area contributed by atoms with Gasteiger partial charge in [0.25, 0.3) is 0 Å². The molecule has 492 valence electrons. The lowest BCUT2D eigenvalue weighted by Gasteiger charge is -2.08. The Morgan fingerprint density at radius 1 is 0.198 bits per heavy atom. The van der Waals surface area contributed by atoms with Crippen LogP contribution in [0.5, 0.6) is 0 Å². The van der Waals surface area contributed by atoms with Gasteiger partial charge in [0.05, 0.1) is 0 Å². The number of thiophene rings is 2. The molecule has 4 heteroatoms. The molecule has 101 heavy (non-hydrogen) atoms. The summed E-state index contributed by atoms with van der Waals surface area (Å²) >= 11 is 3.76. The van der Waals surface area contributed by atoms with E-state index in [1.807, 2.05) is 71.2 Å². The smallest absolute Gasteiger partial charge is 0.138 e. The fraction of sp³-hybridized carbons (Fsp3) is 0.0722. The number of aryl methyl sites for hydroxylation is 7. The van der Waals surface area contributed by atoms with E-state index in [9.17, 15) is 0 Å². The van der Waals surface area contributed by atoms with Crippen LogP contribution < -0.4 is 0 Å². The lowest BCUT2D eigenvalue weighted by Crippen LogP contribution is -1.84. The lowest BCUT2D eigenvalue weighted by molar-refractivity contribution is 0.666. The molecule has 0 bridgehead atoms. The second kappa shape index (κ2) is 32.3. The number of fused-ring (bicyclic) bond motifs is 12. The van der Waals surface area contributed by atoms with Gasteiger partial charge in [0, 0.05) is 61.9 Å². The number of benzene rings is 15. The van der Waals surface area contributed by atoms with Crippen LogP contribution in [0.2, 0.25) is 0 Å². The first-order valence-electron chi connectivity index (χ1n) is 34.4. The topological polar surface area (TPSA) is 26.3 Å². The van der Waals surface area contributed by atoms with E-state index in [4.69, 9.17) is 8.83 Å². The standard InChI is InChI=1S/C19H16.2C13H10O.2C13H10S.2C13H12/c1-15-12-18(16-8-4-2-5-9-16)14-19(13-15)17-10-6-3-7-11-17;1-9-5-4-7-11-10-6-2-3-8-12(10)14-13(9)11;1-9-6-7-11-10-4-2-3-5-12(10)14-13(11)8-9;1-9-5-4-7-11-10-6-2-3-8-12(10)14-13(9)11;1-9-6-7-11-10-4-2-3-5-12(10)14-13(11)8-9;1-11-7-5-6-10-13(11)12-8-3-2-4-9-12;1-11-6-5-9-13(10-11)12-7-3-2-4-8-12/h2-14H,1H3;4*2-8H,1H3;2*2-10H,1H3. The van der Waals surface area contributed by atoms with Gasteiger partial charge in [0.2, 0.25) is 0 Å². The van der Waals surface area contributed by atoms with Gasteiger partial charge in [-0.2, -0.15) is 0 Å². The molecule has 0 saturated heterocycles. The van der Waals surface area contributed by atoms with E-state index in [0.29, 0.717) is 0 Å². The average molecular weight is 1340 g/mol. The number of furan rings is 2. The Labute approximate surface area is 601 Å². The molecule has 0 aliphatic heterocycles. The third kappa shape index (κ3) is 16.6. The fourth-order valence-electron chi connectivity index (χ4n) is 12.8. The van der Waals surface area contributed by atoms with Gasteiger partial charge in [0.1, 0.15) is 22.3 Å². The average Bonchev–Trinajstić information content (AvgIpc) is 1.67. The summed E-state index contributed by atoms with van der Waals surface area (Å²) in [5.41, 5.74) is 23.3. The SMILES string of the molecule is Cc1cc(-c2ccccc2)cc(-c2ccccc2)c1.Cc1ccc2c(c1)oc1ccccc12.Cc1ccc2c(c1)sc1ccccc12.Cc1cccc(-c2ccccc2)c1.Cc1cccc2c1oc1ccccc12.Cc1cccc2c1sc1ccccc12.Cc1ccccc1-c1ccccc1. The molecular weight excluding hydrogens is 1260 g/mol. The highest BCUT2D eigenvalue weighted by molar-refractivity contribution is 7.26. The minimum atomic E-state index is 0.966. The van der Waals surface area contributed by atoms with Crippen LogP contribution in [0.3, 0.4) is 0 Å². The highest BCUT2D eigenvalue weighted by Crippen LogP contribution is 2.37. The van der Waals surface area contributed by atoms with Crippen LogP contribution in [0, 0.1) is 48.5 Å². The van der Waals surface area contributed by atoms with Crippen LogP contribution >= 0.6 is 22.7 Å². The Kier molecular flexibility index (Phi) is 21.7. The van der Waals surface area contributed by atoms with E-state index >= 15 is 0 Å². The van der Waals surface area contributed by atoms with E-state index in [-0.39, 0.29) is 0 Å². The van der Waals surface area contributed by atoms with Gasteiger partial charge in [-0.1, -0.05) is 321 Å². The molecule has 15 aromatic carbocycles. The number of rotatable bonds is 4. The Bertz CT molecular complexity index is 5630. The van der Waals surface area contributed by atoms with Crippen molar-refractivity contribution in [2.45, 2.75) is 48.5 Å². The van der Waals surface area contributed by atoms with Crippen molar-refractivity contribution < 1.29 is 8.83 Å². The normalized spacial score (nSPS) is 10.7. The van der Waals surface area contributed by atoms with Gasteiger partial charge >= 0.3 is 0 Å².